The predicted molar refractivity (Wildman–Crippen MR) is 75.9 cm³/mol. The van der Waals surface area contributed by atoms with Crippen LogP contribution in [0.15, 0.2) is 24.3 Å². The molecule has 0 aliphatic carbocycles. The second kappa shape index (κ2) is 6.71. The number of carbonyl (C=O) groups excluding carboxylic acids is 1. The van der Waals surface area contributed by atoms with E-state index in [1.165, 1.54) is 11.1 Å². The zero-order valence-electron chi connectivity index (χ0n) is 11.9. The highest BCUT2D eigenvalue weighted by molar-refractivity contribution is 5.70. The largest absolute Gasteiger partial charge is 0.466 e. The Morgan fingerprint density at radius 2 is 2.11 bits per heavy atom. The summed E-state index contributed by atoms with van der Waals surface area (Å²) in [7, 11) is 0. The molecule has 3 heteroatoms. The molecule has 1 aliphatic rings. The molecule has 0 spiro atoms. The van der Waals surface area contributed by atoms with Crippen LogP contribution in [0.1, 0.15) is 37.8 Å². The summed E-state index contributed by atoms with van der Waals surface area (Å²) in [6, 6.07) is 8.86. The molecule has 2 rings (SSSR count). The van der Waals surface area contributed by atoms with Crippen LogP contribution in [0, 0.1) is 0 Å². The molecule has 19 heavy (non-hydrogen) atoms. The van der Waals surface area contributed by atoms with Gasteiger partial charge in [0.1, 0.15) is 0 Å². The van der Waals surface area contributed by atoms with Crippen molar-refractivity contribution in [1.29, 1.82) is 0 Å². The second-order valence-electron chi connectivity index (χ2n) is 5.20. The van der Waals surface area contributed by atoms with Crippen molar-refractivity contribution < 1.29 is 9.53 Å². The van der Waals surface area contributed by atoms with E-state index in [1.54, 1.807) is 0 Å². The van der Waals surface area contributed by atoms with Crippen molar-refractivity contribution in [1.82, 2.24) is 4.90 Å². The minimum absolute atomic E-state index is 0.0902. The van der Waals surface area contributed by atoms with Gasteiger partial charge in [-0.15, -0.1) is 0 Å². The van der Waals surface area contributed by atoms with Crippen molar-refractivity contribution in [3.63, 3.8) is 0 Å². The summed E-state index contributed by atoms with van der Waals surface area (Å²) in [6.07, 6.45) is 2.78. The van der Waals surface area contributed by atoms with Gasteiger partial charge in [-0.3, -0.25) is 9.69 Å². The van der Waals surface area contributed by atoms with Gasteiger partial charge in [-0.05, 0) is 44.4 Å². The number of rotatable bonds is 4. The summed E-state index contributed by atoms with van der Waals surface area (Å²) < 4.78 is 5.04. The summed E-state index contributed by atoms with van der Waals surface area (Å²) in [5.74, 6) is -0.0902. The maximum Gasteiger partial charge on any atom is 0.307 e. The predicted octanol–water partition coefficient (Wildman–Crippen LogP) is 2.78. The standard InChI is InChI=1S/C16H23NO2/c1-3-19-16(18)11-13(2)17-10-6-9-14-7-4-5-8-15(14)12-17/h4-5,7-8,13H,3,6,9-12H2,1-2H3. The topological polar surface area (TPSA) is 29.5 Å². The molecule has 0 aromatic heterocycles. The molecule has 0 saturated heterocycles. The fourth-order valence-electron chi connectivity index (χ4n) is 2.69. The third-order valence-corrected chi connectivity index (χ3v) is 3.77. The molecule has 1 unspecified atom stereocenters. The van der Waals surface area contributed by atoms with E-state index in [4.69, 9.17) is 4.74 Å². The van der Waals surface area contributed by atoms with Crippen LogP contribution in [0.5, 0.6) is 0 Å². The van der Waals surface area contributed by atoms with Gasteiger partial charge in [0.15, 0.2) is 0 Å². The van der Waals surface area contributed by atoms with Crippen LogP contribution < -0.4 is 0 Å². The van der Waals surface area contributed by atoms with E-state index < -0.39 is 0 Å². The van der Waals surface area contributed by atoms with Crippen LogP contribution in [0.2, 0.25) is 0 Å². The first kappa shape index (κ1) is 14.1. The number of benzene rings is 1. The van der Waals surface area contributed by atoms with Gasteiger partial charge < -0.3 is 4.74 Å². The number of aryl methyl sites for hydroxylation is 1. The lowest BCUT2D eigenvalue weighted by molar-refractivity contribution is -0.144. The lowest BCUT2D eigenvalue weighted by Crippen LogP contribution is -2.34. The summed E-state index contributed by atoms with van der Waals surface area (Å²) in [6.45, 7) is 6.43. The second-order valence-corrected chi connectivity index (χ2v) is 5.20. The third kappa shape index (κ3) is 3.80. The highest BCUT2D eigenvalue weighted by Gasteiger charge is 2.21. The van der Waals surface area contributed by atoms with E-state index in [9.17, 15) is 4.79 Å². The van der Waals surface area contributed by atoms with Crippen LogP contribution in [0.25, 0.3) is 0 Å². The zero-order chi connectivity index (χ0) is 13.7. The van der Waals surface area contributed by atoms with Crippen LogP contribution in [-0.4, -0.2) is 30.1 Å². The molecule has 0 fully saturated rings. The minimum atomic E-state index is -0.0902. The van der Waals surface area contributed by atoms with Crippen LogP contribution >= 0.6 is 0 Å². The summed E-state index contributed by atoms with van der Waals surface area (Å²) in [4.78, 5) is 14.0. The summed E-state index contributed by atoms with van der Waals surface area (Å²) in [5.41, 5.74) is 2.85. The van der Waals surface area contributed by atoms with Gasteiger partial charge in [0.2, 0.25) is 0 Å². The van der Waals surface area contributed by atoms with Crippen molar-refractivity contribution in [3.8, 4) is 0 Å². The van der Waals surface area contributed by atoms with Gasteiger partial charge in [-0.2, -0.15) is 0 Å². The molecule has 0 amide bonds. The van der Waals surface area contributed by atoms with Crippen molar-refractivity contribution in [3.05, 3.63) is 35.4 Å². The highest BCUT2D eigenvalue weighted by atomic mass is 16.5. The van der Waals surface area contributed by atoms with Gasteiger partial charge in [0.25, 0.3) is 0 Å². The Balaban J connectivity index is 1.99. The Labute approximate surface area is 115 Å². The molecule has 0 radical (unpaired) electrons. The Morgan fingerprint density at radius 3 is 2.84 bits per heavy atom. The van der Waals surface area contributed by atoms with E-state index in [0.29, 0.717) is 13.0 Å². The van der Waals surface area contributed by atoms with Gasteiger partial charge >= 0.3 is 5.97 Å². The molecule has 1 atom stereocenters. The fourth-order valence-corrected chi connectivity index (χ4v) is 2.69. The van der Waals surface area contributed by atoms with Crippen LogP contribution in [-0.2, 0) is 22.5 Å². The molecule has 3 nitrogen and oxygen atoms in total. The molecule has 0 saturated carbocycles. The molecule has 1 heterocycles. The number of fused-ring (bicyclic) bond motifs is 1. The number of esters is 1. The quantitative estimate of drug-likeness (QED) is 0.781. The lowest BCUT2D eigenvalue weighted by atomic mass is 10.0. The maximum absolute atomic E-state index is 11.6. The van der Waals surface area contributed by atoms with Crippen molar-refractivity contribution >= 4 is 5.97 Å². The number of ether oxygens (including phenoxy) is 1. The molecule has 104 valence electrons. The normalized spacial score (nSPS) is 17.4. The Bertz CT molecular complexity index is 431. The van der Waals surface area contributed by atoms with E-state index in [-0.39, 0.29) is 12.0 Å². The van der Waals surface area contributed by atoms with Crippen molar-refractivity contribution in [2.75, 3.05) is 13.2 Å². The van der Waals surface area contributed by atoms with E-state index in [2.05, 4.69) is 36.1 Å². The van der Waals surface area contributed by atoms with Crippen molar-refractivity contribution in [2.24, 2.45) is 0 Å². The zero-order valence-corrected chi connectivity index (χ0v) is 11.9. The third-order valence-electron chi connectivity index (χ3n) is 3.77. The first-order chi connectivity index (χ1) is 9.20. The molecular formula is C16H23NO2. The molecule has 1 aromatic carbocycles. The van der Waals surface area contributed by atoms with Crippen LogP contribution in [0.4, 0.5) is 0 Å². The number of hydrogen-bond donors (Lipinski definition) is 0. The first-order valence-corrected chi connectivity index (χ1v) is 7.17. The highest BCUT2D eigenvalue weighted by Crippen LogP contribution is 2.20. The average molecular weight is 261 g/mol. The molecule has 0 N–H and O–H groups in total. The number of hydrogen-bond acceptors (Lipinski definition) is 3. The first-order valence-electron chi connectivity index (χ1n) is 7.17. The van der Waals surface area contributed by atoms with Crippen LogP contribution in [0.3, 0.4) is 0 Å². The monoisotopic (exact) mass is 261 g/mol. The number of carbonyl (C=O) groups is 1. The molecular weight excluding hydrogens is 238 g/mol. The van der Waals surface area contributed by atoms with Gasteiger partial charge in [-0.25, -0.2) is 0 Å². The van der Waals surface area contributed by atoms with E-state index in [0.717, 1.165) is 25.9 Å². The Hall–Kier alpha value is -1.35. The fraction of sp³-hybridized carbons (Fsp3) is 0.562. The van der Waals surface area contributed by atoms with E-state index in [1.807, 2.05) is 6.92 Å². The van der Waals surface area contributed by atoms with Gasteiger partial charge in [0.05, 0.1) is 13.0 Å². The Morgan fingerprint density at radius 1 is 1.37 bits per heavy atom. The Kier molecular flexibility index (Phi) is 4.97. The average Bonchev–Trinajstić information content (AvgIpc) is 2.61. The molecule has 1 aromatic rings. The van der Waals surface area contributed by atoms with E-state index >= 15 is 0 Å². The molecule has 0 bridgehead atoms. The lowest BCUT2D eigenvalue weighted by Gasteiger charge is -2.27. The molecule has 1 aliphatic heterocycles. The number of nitrogens with zero attached hydrogens (tertiary/aromatic N) is 1. The minimum Gasteiger partial charge on any atom is -0.466 e. The maximum atomic E-state index is 11.6. The van der Waals surface area contributed by atoms with Crippen molar-refractivity contribution in [2.45, 2.75) is 45.7 Å². The summed E-state index contributed by atoms with van der Waals surface area (Å²) >= 11 is 0. The van der Waals surface area contributed by atoms with Gasteiger partial charge in [0, 0.05) is 12.6 Å². The summed E-state index contributed by atoms with van der Waals surface area (Å²) in [5, 5.41) is 0. The smallest absolute Gasteiger partial charge is 0.307 e. The SMILES string of the molecule is CCOC(=O)CC(C)N1CCCc2ccccc2C1. The van der Waals surface area contributed by atoms with Gasteiger partial charge in [-0.1, -0.05) is 24.3 Å².